The van der Waals surface area contributed by atoms with Crippen LogP contribution in [0.3, 0.4) is 0 Å². The third-order valence-electron chi connectivity index (χ3n) is 2.41. The maximum Gasteiger partial charge on any atom is 0.120 e. The summed E-state index contributed by atoms with van der Waals surface area (Å²) in [6, 6.07) is 8.92. The number of phenolic OH excluding ortho intramolecular Hbond substituents is 1. The van der Waals surface area contributed by atoms with Crippen LogP contribution in [-0.2, 0) is 13.1 Å². The molecule has 0 fully saturated rings. The van der Waals surface area contributed by atoms with Crippen LogP contribution < -0.4 is 5.32 Å². The van der Waals surface area contributed by atoms with E-state index >= 15 is 0 Å². The van der Waals surface area contributed by atoms with E-state index in [9.17, 15) is 5.11 Å². The Morgan fingerprint density at radius 1 is 1.24 bits per heavy atom. The predicted octanol–water partition coefficient (Wildman–Crippen LogP) is 2.73. The molecule has 1 heterocycles. The van der Waals surface area contributed by atoms with E-state index in [1.54, 1.807) is 24.4 Å². The summed E-state index contributed by atoms with van der Waals surface area (Å²) in [5, 5.41) is 13.5. The summed E-state index contributed by atoms with van der Waals surface area (Å²) in [5.41, 5.74) is 1.90. The van der Waals surface area contributed by atoms with Gasteiger partial charge in [0.2, 0.25) is 0 Å². The van der Waals surface area contributed by atoms with Gasteiger partial charge in [0.05, 0.1) is 0 Å². The molecule has 2 rings (SSSR count). The molecular weight excluding hydrogens is 236 g/mol. The molecule has 0 bridgehead atoms. The summed E-state index contributed by atoms with van der Waals surface area (Å²) < 4.78 is 0. The second kappa shape index (κ2) is 5.66. The van der Waals surface area contributed by atoms with Gasteiger partial charge in [0, 0.05) is 36.1 Å². The number of rotatable bonds is 4. The van der Waals surface area contributed by atoms with E-state index in [0.717, 1.165) is 11.1 Å². The van der Waals surface area contributed by atoms with Crippen LogP contribution in [0.2, 0.25) is 5.02 Å². The molecule has 0 unspecified atom stereocenters. The lowest BCUT2D eigenvalue weighted by molar-refractivity contribution is 0.464. The van der Waals surface area contributed by atoms with E-state index in [4.69, 9.17) is 11.6 Å². The average Bonchev–Trinajstić information content (AvgIpc) is 2.35. The molecule has 2 N–H and O–H groups in total. The summed E-state index contributed by atoms with van der Waals surface area (Å²) in [4.78, 5) is 4.03. The number of hydrogen-bond donors (Lipinski definition) is 2. The van der Waals surface area contributed by atoms with Crippen LogP contribution >= 0.6 is 11.6 Å². The summed E-state index contributed by atoms with van der Waals surface area (Å²) in [6.45, 7) is 1.28. The van der Waals surface area contributed by atoms with Crippen molar-refractivity contribution >= 4 is 11.6 Å². The van der Waals surface area contributed by atoms with E-state index in [-0.39, 0.29) is 5.75 Å². The zero-order chi connectivity index (χ0) is 12.1. The molecule has 4 heteroatoms. The van der Waals surface area contributed by atoms with E-state index < -0.39 is 0 Å². The largest absolute Gasteiger partial charge is 0.508 e. The summed E-state index contributed by atoms with van der Waals surface area (Å²) in [6.07, 6.45) is 3.55. The van der Waals surface area contributed by atoms with E-state index in [2.05, 4.69) is 10.3 Å². The molecular formula is C13H13ClN2O. The van der Waals surface area contributed by atoms with Crippen LogP contribution in [0.1, 0.15) is 11.1 Å². The van der Waals surface area contributed by atoms with Crippen molar-refractivity contribution in [2.24, 2.45) is 0 Å². The van der Waals surface area contributed by atoms with Gasteiger partial charge < -0.3 is 10.4 Å². The van der Waals surface area contributed by atoms with Gasteiger partial charge in [-0.05, 0) is 29.8 Å². The number of phenols is 1. The second-order valence-electron chi connectivity index (χ2n) is 3.74. The average molecular weight is 249 g/mol. The highest BCUT2D eigenvalue weighted by Gasteiger charge is 2.01. The molecule has 0 aliphatic heterocycles. The molecule has 0 atom stereocenters. The predicted molar refractivity (Wildman–Crippen MR) is 67.9 cm³/mol. The number of pyridine rings is 1. The van der Waals surface area contributed by atoms with Crippen LogP contribution in [0.25, 0.3) is 0 Å². The lowest BCUT2D eigenvalue weighted by atomic mass is 10.2. The molecule has 1 aromatic heterocycles. The SMILES string of the molecule is Oc1ccc(Cl)cc1CNCc1cccnc1. The Balaban J connectivity index is 1.92. The smallest absolute Gasteiger partial charge is 0.120 e. The Morgan fingerprint density at radius 3 is 2.88 bits per heavy atom. The van der Waals surface area contributed by atoms with Gasteiger partial charge in [0.25, 0.3) is 0 Å². The Labute approximate surface area is 105 Å². The summed E-state index contributed by atoms with van der Waals surface area (Å²) in [7, 11) is 0. The van der Waals surface area contributed by atoms with Gasteiger partial charge in [-0.1, -0.05) is 17.7 Å². The van der Waals surface area contributed by atoms with Crippen LogP contribution in [-0.4, -0.2) is 10.1 Å². The summed E-state index contributed by atoms with van der Waals surface area (Å²) >= 11 is 5.86. The van der Waals surface area contributed by atoms with Crippen molar-refractivity contribution in [1.82, 2.24) is 10.3 Å². The van der Waals surface area contributed by atoms with Gasteiger partial charge in [0.1, 0.15) is 5.75 Å². The summed E-state index contributed by atoms with van der Waals surface area (Å²) in [5.74, 6) is 0.257. The third-order valence-corrected chi connectivity index (χ3v) is 2.64. The number of nitrogens with zero attached hydrogens (tertiary/aromatic N) is 1. The van der Waals surface area contributed by atoms with Gasteiger partial charge in [-0.15, -0.1) is 0 Å². The number of aromatic nitrogens is 1. The number of aromatic hydroxyl groups is 1. The molecule has 0 radical (unpaired) electrons. The van der Waals surface area contributed by atoms with Crippen molar-refractivity contribution in [3.05, 3.63) is 58.9 Å². The quantitative estimate of drug-likeness (QED) is 0.875. The van der Waals surface area contributed by atoms with Crippen molar-refractivity contribution in [3.63, 3.8) is 0 Å². The Bertz CT molecular complexity index is 488. The molecule has 0 saturated carbocycles. The molecule has 88 valence electrons. The van der Waals surface area contributed by atoms with Crippen molar-refractivity contribution in [2.75, 3.05) is 0 Å². The van der Waals surface area contributed by atoms with Crippen molar-refractivity contribution in [2.45, 2.75) is 13.1 Å². The highest BCUT2D eigenvalue weighted by molar-refractivity contribution is 6.30. The Morgan fingerprint density at radius 2 is 2.12 bits per heavy atom. The standard InChI is InChI=1S/C13H13ClN2O/c14-12-3-4-13(17)11(6-12)9-16-8-10-2-1-5-15-7-10/h1-7,16-17H,8-9H2. The first kappa shape index (κ1) is 11.9. The second-order valence-corrected chi connectivity index (χ2v) is 4.17. The molecule has 0 aliphatic rings. The van der Waals surface area contributed by atoms with E-state index in [0.29, 0.717) is 18.1 Å². The first-order valence-electron chi connectivity index (χ1n) is 5.33. The third kappa shape index (κ3) is 3.44. The minimum Gasteiger partial charge on any atom is -0.508 e. The minimum absolute atomic E-state index is 0.257. The highest BCUT2D eigenvalue weighted by atomic mass is 35.5. The minimum atomic E-state index is 0.257. The first-order chi connectivity index (χ1) is 8.25. The lowest BCUT2D eigenvalue weighted by Crippen LogP contribution is -2.12. The maximum atomic E-state index is 9.62. The van der Waals surface area contributed by atoms with Crippen LogP contribution in [0.4, 0.5) is 0 Å². The van der Waals surface area contributed by atoms with Gasteiger partial charge in [-0.2, -0.15) is 0 Å². The van der Waals surface area contributed by atoms with Crippen LogP contribution in [0.5, 0.6) is 5.75 Å². The lowest BCUT2D eigenvalue weighted by Gasteiger charge is -2.07. The molecule has 0 spiro atoms. The zero-order valence-corrected chi connectivity index (χ0v) is 9.98. The van der Waals surface area contributed by atoms with Gasteiger partial charge in [-0.3, -0.25) is 4.98 Å². The highest BCUT2D eigenvalue weighted by Crippen LogP contribution is 2.21. The topological polar surface area (TPSA) is 45.1 Å². The van der Waals surface area contributed by atoms with E-state index in [1.165, 1.54) is 0 Å². The van der Waals surface area contributed by atoms with Crippen LogP contribution in [0.15, 0.2) is 42.7 Å². The molecule has 3 nitrogen and oxygen atoms in total. The van der Waals surface area contributed by atoms with Gasteiger partial charge in [-0.25, -0.2) is 0 Å². The normalized spacial score (nSPS) is 10.4. The fourth-order valence-corrected chi connectivity index (χ4v) is 1.73. The zero-order valence-electron chi connectivity index (χ0n) is 9.23. The van der Waals surface area contributed by atoms with Gasteiger partial charge in [0.15, 0.2) is 0 Å². The van der Waals surface area contributed by atoms with Crippen molar-refractivity contribution in [3.8, 4) is 5.75 Å². The molecule has 0 saturated heterocycles. The monoisotopic (exact) mass is 248 g/mol. The molecule has 1 aromatic carbocycles. The maximum absolute atomic E-state index is 9.62. The van der Waals surface area contributed by atoms with Crippen molar-refractivity contribution in [1.29, 1.82) is 0 Å². The Kier molecular flexibility index (Phi) is 3.96. The van der Waals surface area contributed by atoms with Crippen LogP contribution in [0, 0.1) is 0 Å². The number of halogens is 1. The van der Waals surface area contributed by atoms with Crippen molar-refractivity contribution < 1.29 is 5.11 Å². The number of hydrogen-bond acceptors (Lipinski definition) is 3. The molecule has 0 aliphatic carbocycles. The molecule has 17 heavy (non-hydrogen) atoms. The van der Waals surface area contributed by atoms with E-state index in [1.807, 2.05) is 18.3 Å². The molecule has 0 amide bonds. The first-order valence-corrected chi connectivity index (χ1v) is 5.70. The molecule has 2 aromatic rings. The number of nitrogens with one attached hydrogen (secondary N) is 1. The fraction of sp³-hybridized carbons (Fsp3) is 0.154. The van der Waals surface area contributed by atoms with Gasteiger partial charge >= 0.3 is 0 Å². The Hall–Kier alpha value is -1.58. The number of benzene rings is 1. The fourth-order valence-electron chi connectivity index (χ4n) is 1.54.